The monoisotopic (exact) mass is 295 g/mol. The lowest BCUT2D eigenvalue weighted by atomic mass is 10.2. The molecule has 1 heterocycles. The number of nitrogens with one attached hydrogen (secondary N) is 1. The minimum atomic E-state index is -0.346. The van der Waals surface area contributed by atoms with Crippen molar-refractivity contribution in [3.63, 3.8) is 0 Å². The maximum atomic E-state index is 12.1. The number of rotatable bonds is 2. The van der Waals surface area contributed by atoms with E-state index in [-0.39, 0.29) is 10.9 Å². The number of hydrogen-bond donors (Lipinski definition) is 2. The summed E-state index contributed by atoms with van der Waals surface area (Å²) in [6.45, 7) is 1.80. The topological polar surface area (TPSA) is 68.0 Å². The second-order valence-corrected chi connectivity index (χ2v) is 4.73. The zero-order chi connectivity index (χ0) is 14.0. The summed E-state index contributed by atoms with van der Waals surface area (Å²) in [5.74, 6) is -0.346. The van der Waals surface area contributed by atoms with Gasteiger partial charge in [0.2, 0.25) is 0 Å². The second kappa shape index (κ2) is 5.47. The van der Waals surface area contributed by atoms with Gasteiger partial charge in [0.25, 0.3) is 5.91 Å². The molecule has 0 unspecified atom stereocenters. The average Bonchev–Trinajstić information content (AvgIpc) is 2.37. The molecule has 0 aliphatic carbocycles. The molecule has 0 atom stereocenters. The number of halogens is 2. The number of aromatic nitrogens is 1. The Morgan fingerprint density at radius 1 is 1.37 bits per heavy atom. The van der Waals surface area contributed by atoms with Crippen LogP contribution in [0.3, 0.4) is 0 Å². The molecule has 0 aliphatic heterocycles. The number of nitrogen functional groups attached to an aromatic ring is 1. The van der Waals surface area contributed by atoms with Gasteiger partial charge in [0, 0.05) is 0 Å². The molecule has 1 aromatic heterocycles. The first-order valence-corrected chi connectivity index (χ1v) is 6.22. The van der Waals surface area contributed by atoms with E-state index in [1.165, 1.54) is 6.20 Å². The van der Waals surface area contributed by atoms with Crippen molar-refractivity contribution in [3.05, 3.63) is 51.8 Å². The van der Waals surface area contributed by atoms with Crippen LogP contribution < -0.4 is 11.1 Å². The van der Waals surface area contributed by atoms with Crippen molar-refractivity contribution < 1.29 is 4.79 Å². The van der Waals surface area contributed by atoms with E-state index in [0.29, 0.717) is 22.1 Å². The fourth-order valence-electron chi connectivity index (χ4n) is 1.55. The predicted molar refractivity (Wildman–Crippen MR) is 77.8 cm³/mol. The largest absolute Gasteiger partial charge is 0.398 e. The Bertz CT molecular complexity index is 644. The fourth-order valence-corrected chi connectivity index (χ4v) is 1.87. The SMILES string of the molecule is Cc1cc(NC(=O)c2cccc(N)c2Cl)cnc1Cl. The van der Waals surface area contributed by atoms with Gasteiger partial charge < -0.3 is 11.1 Å². The summed E-state index contributed by atoms with van der Waals surface area (Å²) < 4.78 is 0. The van der Waals surface area contributed by atoms with Gasteiger partial charge in [0.1, 0.15) is 5.15 Å². The molecule has 0 radical (unpaired) electrons. The first kappa shape index (κ1) is 13.6. The summed E-state index contributed by atoms with van der Waals surface area (Å²) in [6, 6.07) is 6.63. The van der Waals surface area contributed by atoms with E-state index >= 15 is 0 Å². The standard InChI is InChI=1S/C13H11Cl2N3O/c1-7-5-8(6-17-12(7)15)18-13(19)9-3-2-4-10(16)11(9)14/h2-6H,16H2,1H3,(H,18,19). The average molecular weight is 296 g/mol. The van der Waals surface area contributed by atoms with Crippen LogP contribution in [0.15, 0.2) is 30.5 Å². The molecule has 2 rings (SSSR count). The molecule has 2 aromatic rings. The smallest absolute Gasteiger partial charge is 0.257 e. The van der Waals surface area contributed by atoms with Crippen molar-refractivity contribution in [1.82, 2.24) is 4.98 Å². The molecule has 0 aliphatic rings. The molecule has 3 N–H and O–H groups in total. The molecule has 0 saturated carbocycles. The number of pyridine rings is 1. The number of anilines is 2. The Labute approximate surface area is 120 Å². The fraction of sp³-hybridized carbons (Fsp3) is 0.0769. The van der Waals surface area contributed by atoms with Gasteiger partial charge >= 0.3 is 0 Å². The van der Waals surface area contributed by atoms with Crippen LogP contribution in [0.25, 0.3) is 0 Å². The molecule has 1 amide bonds. The molecule has 98 valence electrons. The second-order valence-electron chi connectivity index (χ2n) is 3.99. The zero-order valence-corrected chi connectivity index (χ0v) is 11.6. The molecule has 0 bridgehead atoms. The lowest BCUT2D eigenvalue weighted by molar-refractivity contribution is 0.102. The summed E-state index contributed by atoms with van der Waals surface area (Å²) in [7, 11) is 0. The number of aryl methyl sites for hydroxylation is 1. The van der Waals surface area contributed by atoms with Crippen LogP contribution in [-0.2, 0) is 0 Å². The Morgan fingerprint density at radius 2 is 2.11 bits per heavy atom. The van der Waals surface area contributed by atoms with Crippen molar-refractivity contribution in [2.45, 2.75) is 6.92 Å². The van der Waals surface area contributed by atoms with Crippen molar-refractivity contribution in [2.24, 2.45) is 0 Å². The minimum absolute atomic E-state index is 0.235. The van der Waals surface area contributed by atoms with Gasteiger partial charge in [0.15, 0.2) is 0 Å². The zero-order valence-electron chi connectivity index (χ0n) is 10.1. The summed E-state index contributed by atoms with van der Waals surface area (Å²) in [5, 5.41) is 3.33. The van der Waals surface area contributed by atoms with E-state index in [4.69, 9.17) is 28.9 Å². The predicted octanol–water partition coefficient (Wildman–Crippen LogP) is 3.53. The van der Waals surface area contributed by atoms with Gasteiger partial charge in [-0.1, -0.05) is 29.3 Å². The third kappa shape index (κ3) is 2.97. The van der Waals surface area contributed by atoms with Gasteiger partial charge in [-0.05, 0) is 30.7 Å². The molecule has 0 saturated heterocycles. The Hall–Kier alpha value is -1.78. The van der Waals surface area contributed by atoms with E-state index in [0.717, 1.165) is 5.56 Å². The number of carbonyl (C=O) groups is 1. The minimum Gasteiger partial charge on any atom is -0.398 e. The van der Waals surface area contributed by atoms with E-state index in [1.54, 1.807) is 31.2 Å². The van der Waals surface area contributed by atoms with Crippen molar-refractivity contribution >= 4 is 40.5 Å². The number of carbonyl (C=O) groups excluding carboxylic acids is 1. The van der Waals surface area contributed by atoms with Crippen LogP contribution >= 0.6 is 23.2 Å². The van der Waals surface area contributed by atoms with Crippen molar-refractivity contribution in [3.8, 4) is 0 Å². The number of nitrogens with zero attached hydrogens (tertiary/aromatic N) is 1. The van der Waals surface area contributed by atoms with Crippen LogP contribution in [0.5, 0.6) is 0 Å². The number of benzene rings is 1. The molecular formula is C13H11Cl2N3O. The Morgan fingerprint density at radius 3 is 2.79 bits per heavy atom. The molecular weight excluding hydrogens is 285 g/mol. The number of amides is 1. The molecule has 19 heavy (non-hydrogen) atoms. The molecule has 0 fully saturated rings. The highest BCUT2D eigenvalue weighted by atomic mass is 35.5. The van der Waals surface area contributed by atoms with Crippen LogP contribution in [0.2, 0.25) is 10.2 Å². The Balaban J connectivity index is 2.26. The summed E-state index contributed by atoms with van der Waals surface area (Å²) in [4.78, 5) is 16.0. The van der Waals surface area contributed by atoms with Crippen molar-refractivity contribution in [1.29, 1.82) is 0 Å². The Kier molecular flexibility index (Phi) is 3.93. The third-order valence-corrected chi connectivity index (χ3v) is 3.36. The van der Waals surface area contributed by atoms with Gasteiger partial charge in [-0.2, -0.15) is 0 Å². The normalized spacial score (nSPS) is 10.3. The van der Waals surface area contributed by atoms with Crippen molar-refractivity contribution in [2.75, 3.05) is 11.1 Å². The van der Waals surface area contributed by atoms with Crippen LogP contribution in [0.4, 0.5) is 11.4 Å². The highest BCUT2D eigenvalue weighted by molar-refractivity contribution is 6.36. The summed E-state index contributed by atoms with van der Waals surface area (Å²) in [6.07, 6.45) is 1.48. The van der Waals surface area contributed by atoms with Gasteiger partial charge in [-0.25, -0.2) is 4.98 Å². The summed E-state index contributed by atoms with van der Waals surface area (Å²) in [5.41, 5.74) is 7.65. The summed E-state index contributed by atoms with van der Waals surface area (Å²) >= 11 is 11.8. The third-order valence-electron chi connectivity index (χ3n) is 2.55. The van der Waals surface area contributed by atoms with Crippen LogP contribution in [-0.4, -0.2) is 10.9 Å². The van der Waals surface area contributed by atoms with Crippen LogP contribution in [0, 0.1) is 6.92 Å². The van der Waals surface area contributed by atoms with Gasteiger partial charge in [-0.15, -0.1) is 0 Å². The van der Waals surface area contributed by atoms with E-state index in [9.17, 15) is 4.79 Å². The van der Waals surface area contributed by atoms with E-state index < -0.39 is 0 Å². The molecule has 1 aromatic carbocycles. The van der Waals surface area contributed by atoms with E-state index in [2.05, 4.69) is 10.3 Å². The highest BCUT2D eigenvalue weighted by Gasteiger charge is 2.12. The maximum absolute atomic E-state index is 12.1. The number of hydrogen-bond acceptors (Lipinski definition) is 3. The quantitative estimate of drug-likeness (QED) is 0.658. The molecule has 6 heteroatoms. The highest BCUT2D eigenvalue weighted by Crippen LogP contribution is 2.24. The maximum Gasteiger partial charge on any atom is 0.257 e. The van der Waals surface area contributed by atoms with Gasteiger partial charge in [0.05, 0.1) is 28.2 Å². The lowest BCUT2D eigenvalue weighted by Gasteiger charge is -2.08. The number of nitrogens with two attached hydrogens (primary N) is 1. The molecule has 0 spiro atoms. The molecule has 4 nitrogen and oxygen atoms in total. The van der Waals surface area contributed by atoms with E-state index in [1.807, 2.05) is 0 Å². The first-order valence-electron chi connectivity index (χ1n) is 5.46. The lowest BCUT2D eigenvalue weighted by Crippen LogP contribution is -2.13. The van der Waals surface area contributed by atoms with Crippen LogP contribution in [0.1, 0.15) is 15.9 Å². The first-order chi connectivity index (χ1) is 8.99. The van der Waals surface area contributed by atoms with Gasteiger partial charge in [-0.3, -0.25) is 4.79 Å².